The molecule has 0 saturated carbocycles. The topological polar surface area (TPSA) is 21.6 Å². The molecule has 0 aliphatic heterocycles. The van der Waals surface area contributed by atoms with Gasteiger partial charge in [0.2, 0.25) is 0 Å². The molecule has 0 fully saturated rings. The van der Waals surface area contributed by atoms with Gasteiger partial charge in [-0.25, -0.2) is 0 Å². The van der Waals surface area contributed by atoms with E-state index in [1.54, 1.807) is 0 Å². The van der Waals surface area contributed by atoms with Crippen molar-refractivity contribution in [2.45, 2.75) is 26.7 Å². The normalized spacial score (nSPS) is 10.9. The van der Waals surface area contributed by atoms with Crippen LogP contribution < -0.4 is 4.74 Å². The molecular weight excluding hydrogens is 246 g/mol. The van der Waals surface area contributed by atoms with Crippen molar-refractivity contribution in [2.24, 2.45) is 4.99 Å². The molecule has 0 amide bonds. The van der Waals surface area contributed by atoms with Crippen LogP contribution in [-0.4, -0.2) is 12.8 Å². The van der Waals surface area contributed by atoms with Crippen molar-refractivity contribution in [3.63, 3.8) is 0 Å². The Hall–Kier alpha value is -2.09. The average Bonchev–Trinajstić information content (AvgIpc) is 2.48. The van der Waals surface area contributed by atoms with Crippen LogP contribution in [0.1, 0.15) is 30.9 Å². The van der Waals surface area contributed by atoms with Gasteiger partial charge in [-0.05, 0) is 55.3 Å². The van der Waals surface area contributed by atoms with Crippen LogP contribution in [-0.2, 0) is 0 Å². The molecule has 0 heterocycles. The summed E-state index contributed by atoms with van der Waals surface area (Å²) in [5.74, 6) is 0.922. The van der Waals surface area contributed by atoms with Crippen LogP contribution in [0.15, 0.2) is 53.5 Å². The molecule has 0 aliphatic carbocycles. The molecule has 2 nitrogen and oxygen atoms in total. The van der Waals surface area contributed by atoms with E-state index >= 15 is 0 Å². The highest BCUT2D eigenvalue weighted by molar-refractivity contribution is 5.82. The van der Waals surface area contributed by atoms with Gasteiger partial charge < -0.3 is 4.74 Å². The summed E-state index contributed by atoms with van der Waals surface area (Å²) in [4.78, 5) is 4.46. The predicted octanol–water partition coefficient (Wildman–Crippen LogP) is 4.92. The van der Waals surface area contributed by atoms with Crippen molar-refractivity contribution in [1.82, 2.24) is 0 Å². The van der Waals surface area contributed by atoms with Gasteiger partial charge in [0, 0.05) is 6.21 Å². The van der Waals surface area contributed by atoms with E-state index in [0.717, 1.165) is 36.4 Å². The summed E-state index contributed by atoms with van der Waals surface area (Å²) in [6.45, 7) is 5.02. The van der Waals surface area contributed by atoms with E-state index in [0.29, 0.717) is 0 Å². The van der Waals surface area contributed by atoms with Gasteiger partial charge in [-0.15, -0.1) is 0 Å². The molecule has 0 aromatic heterocycles. The molecule has 0 aliphatic rings. The summed E-state index contributed by atoms with van der Waals surface area (Å²) >= 11 is 0. The highest BCUT2D eigenvalue weighted by Gasteiger charge is 1.94. The van der Waals surface area contributed by atoms with Crippen molar-refractivity contribution in [2.75, 3.05) is 6.61 Å². The molecule has 2 aromatic rings. The second-order valence-corrected chi connectivity index (χ2v) is 4.86. The van der Waals surface area contributed by atoms with Crippen LogP contribution in [0.4, 0.5) is 5.69 Å². The number of unbranched alkanes of at least 4 members (excludes halogenated alkanes) is 1. The zero-order valence-electron chi connectivity index (χ0n) is 12.2. The second-order valence-electron chi connectivity index (χ2n) is 4.86. The van der Waals surface area contributed by atoms with Crippen molar-refractivity contribution in [3.05, 3.63) is 59.7 Å². The molecule has 0 saturated heterocycles. The van der Waals surface area contributed by atoms with Crippen molar-refractivity contribution in [1.29, 1.82) is 0 Å². The number of rotatable bonds is 6. The molecule has 20 heavy (non-hydrogen) atoms. The van der Waals surface area contributed by atoms with Crippen LogP contribution in [0.5, 0.6) is 5.75 Å². The monoisotopic (exact) mass is 267 g/mol. The molecule has 0 atom stereocenters. The Morgan fingerprint density at radius 2 is 1.70 bits per heavy atom. The summed E-state index contributed by atoms with van der Waals surface area (Å²) < 4.78 is 5.63. The average molecular weight is 267 g/mol. The highest BCUT2D eigenvalue weighted by atomic mass is 16.5. The van der Waals surface area contributed by atoms with Gasteiger partial charge in [0.1, 0.15) is 5.75 Å². The molecular formula is C18H21NO. The van der Waals surface area contributed by atoms with E-state index in [1.165, 1.54) is 5.56 Å². The van der Waals surface area contributed by atoms with Gasteiger partial charge >= 0.3 is 0 Å². The zero-order chi connectivity index (χ0) is 14.2. The van der Waals surface area contributed by atoms with E-state index in [4.69, 9.17) is 4.74 Å². The van der Waals surface area contributed by atoms with Gasteiger partial charge in [0.25, 0.3) is 0 Å². The molecule has 0 unspecified atom stereocenters. The fourth-order valence-electron chi connectivity index (χ4n) is 1.76. The Labute approximate surface area is 121 Å². The van der Waals surface area contributed by atoms with Crippen molar-refractivity contribution >= 4 is 11.9 Å². The maximum absolute atomic E-state index is 5.63. The summed E-state index contributed by atoms with van der Waals surface area (Å²) in [6, 6.07) is 16.2. The first-order valence-electron chi connectivity index (χ1n) is 7.11. The number of hydrogen-bond donors (Lipinski definition) is 0. The summed E-state index contributed by atoms with van der Waals surface area (Å²) in [5, 5.41) is 0. The summed E-state index contributed by atoms with van der Waals surface area (Å²) in [7, 11) is 0. The Bertz CT molecular complexity index is 541. The lowest BCUT2D eigenvalue weighted by atomic mass is 10.2. The minimum absolute atomic E-state index is 0.785. The minimum atomic E-state index is 0.785. The van der Waals surface area contributed by atoms with Gasteiger partial charge in [-0.1, -0.05) is 31.0 Å². The van der Waals surface area contributed by atoms with Crippen LogP contribution in [0.3, 0.4) is 0 Å². The first-order chi connectivity index (χ1) is 9.78. The maximum Gasteiger partial charge on any atom is 0.119 e. The molecule has 0 radical (unpaired) electrons. The first-order valence-corrected chi connectivity index (χ1v) is 7.11. The Balaban J connectivity index is 1.94. The minimum Gasteiger partial charge on any atom is -0.494 e. The molecule has 0 bridgehead atoms. The highest BCUT2D eigenvalue weighted by Crippen LogP contribution is 2.14. The molecule has 2 rings (SSSR count). The van der Waals surface area contributed by atoms with Gasteiger partial charge in [-0.2, -0.15) is 0 Å². The summed E-state index contributed by atoms with van der Waals surface area (Å²) in [6.07, 6.45) is 4.12. The van der Waals surface area contributed by atoms with E-state index in [2.05, 4.69) is 31.0 Å². The fourth-order valence-corrected chi connectivity index (χ4v) is 1.76. The number of aryl methyl sites for hydroxylation is 1. The number of ether oxygens (including phenoxy) is 1. The zero-order valence-corrected chi connectivity index (χ0v) is 12.2. The molecule has 0 N–H and O–H groups in total. The lowest BCUT2D eigenvalue weighted by Crippen LogP contribution is -1.96. The summed E-state index contributed by atoms with van der Waals surface area (Å²) in [5.41, 5.74) is 3.30. The van der Waals surface area contributed by atoms with Crippen LogP contribution in [0, 0.1) is 6.92 Å². The van der Waals surface area contributed by atoms with Crippen molar-refractivity contribution < 1.29 is 4.74 Å². The van der Waals surface area contributed by atoms with Gasteiger partial charge in [-0.3, -0.25) is 4.99 Å². The third-order valence-corrected chi connectivity index (χ3v) is 3.04. The largest absolute Gasteiger partial charge is 0.494 e. The van der Waals surface area contributed by atoms with E-state index in [1.807, 2.05) is 42.6 Å². The van der Waals surface area contributed by atoms with Gasteiger partial charge in [0.15, 0.2) is 0 Å². The van der Waals surface area contributed by atoms with E-state index in [-0.39, 0.29) is 0 Å². The van der Waals surface area contributed by atoms with Gasteiger partial charge in [0.05, 0.1) is 12.3 Å². The Kier molecular flexibility index (Phi) is 5.36. The van der Waals surface area contributed by atoms with E-state index in [9.17, 15) is 0 Å². The second kappa shape index (κ2) is 7.49. The number of nitrogens with zero attached hydrogens (tertiary/aromatic N) is 1. The third kappa shape index (κ3) is 4.54. The predicted molar refractivity (Wildman–Crippen MR) is 85.3 cm³/mol. The molecule has 2 aromatic carbocycles. The first kappa shape index (κ1) is 14.3. The fraction of sp³-hybridized carbons (Fsp3) is 0.278. The molecule has 0 spiro atoms. The number of benzene rings is 2. The van der Waals surface area contributed by atoms with Crippen molar-refractivity contribution in [3.8, 4) is 5.75 Å². The number of aliphatic imine (C=N–C) groups is 1. The smallest absolute Gasteiger partial charge is 0.119 e. The van der Waals surface area contributed by atoms with Crippen LogP contribution >= 0.6 is 0 Å². The van der Waals surface area contributed by atoms with Crippen LogP contribution in [0.25, 0.3) is 0 Å². The van der Waals surface area contributed by atoms with Crippen LogP contribution in [0.2, 0.25) is 0 Å². The Morgan fingerprint density at radius 1 is 1.00 bits per heavy atom. The lowest BCUT2D eigenvalue weighted by molar-refractivity contribution is 0.309. The maximum atomic E-state index is 5.63. The standard InChI is InChI=1S/C18H21NO/c1-3-4-13-20-18-11-7-16(8-12-18)14-19-17-9-5-15(2)6-10-17/h5-12,14H,3-4,13H2,1-2H3/b19-14+. The molecule has 2 heteroatoms. The SMILES string of the molecule is CCCCOc1ccc(/C=N/c2ccc(C)cc2)cc1. The third-order valence-electron chi connectivity index (χ3n) is 3.04. The quantitative estimate of drug-likeness (QED) is 0.537. The lowest BCUT2D eigenvalue weighted by Gasteiger charge is -2.04. The number of hydrogen-bond acceptors (Lipinski definition) is 2. The Morgan fingerprint density at radius 3 is 2.35 bits per heavy atom. The van der Waals surface area contributed by atoms with E-state index < -0.39 is 0 Å². The molecule has 104 valence electrons.